The number of H-pyrrole nitrogens is 1. The van der Waals surface area contributed by atoms with Gasteiger partial charge in [0.25, 0.3) is 5.91 Å². The number of piperidine rings is 1. The van der Waals surface area contributed by atoms with Crippen molar-refractivity contribution in [2.45, 2.75) is 77.4 Å². The molecule has 3 heterocycles. The Bertz CT molecular complexity index is 2120. The van der Waals surface area contributed by atoms with E-state index in [9.17, 15) is 19.5 Å². The molecular weight excluding hydrogens is 684 g/mol. The molecule has 2 fully saturated rings. The summed E-state index contributed by atoms with van der Waals surface area (Å²) >= 11 is 0. The van der Waals surface area contributed by atoms with Gasteiger partial charge >= 0.3 is 11.7 Å². The lowest BCUT2D eigenvalue weighted by Crippen LogP contribution is -2.47. The molecule has 11 heteroatoms. The maximum absolute atomic E-state index is 12.9. The molecule has 5 atom stereocenters. The molecule has 54 heavy (non-hydrogen) atoms. The van der Waals surface area contributed by atoms with Gasteiger partial charge in [0, 0.05) is 50.6 Å². The number of para-hydroxylation sites is 2. The monoisotopic (exact) mass is 732 g/mol. The number of carbonyl (C=O) groups excluding carboxylic acids is 2. The van der Waals surface area contributed by atoms with Gasteiger partial charge in [-0.2, -0.15) is 0 Å². The quantitative estimate of drug-likeness (QED) is 0.137. The van der Waals surface area contributed by atoms with Crippen LogP contribution in [-0.4, -0.2) is 63.3 Å². The van der Waals surface area contributed by atoms with Gasteiger partial charge in [0.15, 0.2) is 12.4 Å². The molecule has 0 saturated carbocycles. The van der Waals surface area contributed by atoms with Crippen molar-refractivity contribution in [1.82, 2.24) is 19.8 Å². The molecule has 2 aliphatic heterocycles. The van der Waals surface area contributed by atoms with Gasteiger partial charge < -0.3 is 34.5 Å². The average molecular weight is 733 g/mol. The van der Waals surface area contributed by atoms with Crippen LogP contribution in [0.3, 0.4) is 0 Å². The molecule has 4 aromatic carbocycles. The Hall–Kier alpha value is -5.07. The highest BCUT2D eigenvalue weighted by molar-refractivity contribution is 5.83. The number of imidazole rings is 1. The smallest absolute Gasteiger partial charge is 0.326 e. The van der Waals surface area contributed by atoms with Crippen LogP contribution in [0, 0.1) is 5.92 Å². The third-order valence-corrected chi connectivity index (χ3v) is 10.7. The number of rotatable bonds is 11. The molecule has 11 nitrogen and oxygen atoms in total. The normalized spacial score (nSPS) is 21.5. The zero-order chi connectivity index (χ0) is 37.8. The maximum Gasteiger partial charge on any atom is 0.326 e. The Morgan fingerprint density at radius 3 is 2.35 bits per heavy atom. The zero-order valence-electron chi connectivity index (χ0n) is 30.9. The number of fused-ring (bicyclic) bond motifs is 1. The molecule has 2 aliphatic rings. The number of ether oxygens (including phenoxy) is 3. The van der Waals surface area contributed by atoms with Crippen LogP contribution >= 0.6 is 0 Å². The Morgan fingerprint density at radius 2 is 1.63 bits per heavy atom. The van der Waals surface area contributed by atoms with Gasteiger partial charge in [-0.3, -0.25) is 14.2 Å². The Kier molecular flexibility index (Phi) is 11.4. The van der Waals surface area contributed by atoms with Crippen LogP contribution in [-0.2, 0) is 37.0 Å². The van der Waals surface area contributed by atoms with Crippen LogP contribution in [0.4, 0.5) is 0 Å². The molecule has 1 amide bonds. The standard InChI is InChI=1S/C43H48N4O7/c1-27-39(25-46-21-19-36(20-22-46)47-38-10-5-4-9-37(38)45-43(47)51)53-42(54-40(27)33-13-11-30(26-48)12-14-33)34-17-15-32(16-18-34)35-8-6-7-31(23-35)24-44-41(50)28(2)52-29(3)49/h4-18,23,27-28,36,39-40,42,48H,19-22,24-26H2,1-3H3,(H,44,50)(H,45,51). The summed E-state index contributed by atoms with van der Waals surface area (Å²) < 4.78 is 20.4. The number of aliphatic hydroxyl groups is 1. The second-order valence-electron chi connectivity index (χ2n) is 14.5. The number of amides is 1. The van der Waals surface area contributed by atoms with Crippen LogP contribution in [0.2, 0.25) is 0 Å². The number of carbonyl (C=O) groups is 2. The lowest BCUT2D eigenvalue weighted by molar-refractivity contribution is -0.276. The number of nitrogens with zero attached hydrogens (tertiary/aromatic N) is 2. The van der Waals surface area contributed by atoms with Crippen molar-refractivity contribution >= 4 is 22.9 Å². The van der Waals surface area contributed by atoms with Gasteiger partial charge in [0.1, 0.15) is 0 Å². The van der Waals surface area contributed by atoms with Crippen molar-refractivity contribution in [2.24, 2.45) is 5.92 Å². The topological polar surface area (TPSA) is 135 Å². The number of benzene rings is 4. The molecule has 0 spiro atoms. The molecule has 3 N–H and O–H groups in total. The predicted octanol–water partition coefficient (Wildman–Crippen LogP) is 6.19. The number of aliphatic hydroxyl groups excluding tert-OH is 1. The molecule has 1 aromatic heterocycles. The highest BCUT2D eigenvalue weighted by atomic mass is 16.7. The summed E-state index contributed by atoms with van der Waals surface area (Å²) in [5.74, 6) is -0.800. The first-order valence-electron chi connectivity index (χ1n) is 18.7. The summed E-state index contributed by atoms with van der Waals surface area (Å²) in [6.45, 7) is 7.74. The van der Waals surface area contributed by atoms with E-state index in [1.54, 1.807) is 6.92 Å². The summed E-state index contributed by atoms with van der Waals surface area (Å²) in [7, 11) is 0. The van der Waals surface area contributed by atoms with E-state index in [2.05, 4.69) is 34.3 Å². The fourth-order valence-electron chi connectivity index (χ4n) is 7.71. The molecule has 282 valence electrons. The van der Waals surface area contributed by atoms with Crippen molar-refractivity contribution in [1.29, 1.82) is 0 Å². The number of aromatic amines is 1. The van der Waals surface area contributed by atoms with Crippen LogP contribution in [0.1, 0.15) is 74.3 Å². The Labute approximate surface area is 314 Å². The summed E-state index contributed by atoms with van der Waals surface area (Å²) in [6.07, 6.45) is -0.0484. The highest BCUT2D eigenvalue weighted by Crippen LogP contribution is 2.42. The van der Waals surface area contributed by atoms with Crippen LogP contribution in [0.25, 0.3) is 22.2 Å². The highest BCUT2D eigenvalue weighted by Gasteiger charge is 2.39. The maximum atomic E-state index is 12.9. The Morgan fingerprint density at radius 1 is 0.907 bits per heavy atom. The van der Waals surface area contributed by atoms with Crippen molar-refractivity contribution in [3.63, 3.8) is 0 Å². The van der Waals surface area contributed by atoms with E-state index in [4.69, 9.17) is 14.2 Å². The molecule has 7 rings (SSSR count). The zero-order valence-corrected chi connectivity index (χ0v) is 30.9. The second kappa shape index (κ2) is 16.5. The minimum atomic E-state index is -0.861. The van der Waals surface area contributed by atoms with E-state index >= 15 is 0 Å². The fraction of sp³-hybridized carbons (Fsp3) is 0.372. The summed E-state index contributed by atoms with van der Waals surface area (Å²) in [6, 6.07) is 32.1. The third-order valence-electron chi connectivity index (χ3n) is 10.7. The van der Waals surface area contributed by atoms with Crippen LogP contribution < -0.4 is 11.0 Å². The van der Waals surface area contributed by atoms with E-state index < -0.39 is 18.4 Å². The molecule has 5 unspecified atom stereocenters. The third kappa shape index (κ3) is 8.34. The largest absolute Gasteiger partial charge is 0.453 e. The number of likely N-dealkylation sites (tertiary alicyclic amines) is 1. The van der Waals surface area contributed by atoms with Crippen molar-refractivity contribution in [3.8, 4) is 11.1 Å². The van der Waals surface area contributed by atoms with Crippen LogP contribution in [0.15, 0.2) is 102 Å². The number of hydrogen-bond donors (Lipinski definition) is 3. The summed E-state index contributed by atoms with van der Waals surface area (Å²) in [5, 5.41) is 12.5. The minimum Gasteiger partial charge on any atom is -0.453 e. The molecular formula is C43H48N4O7. The van der Waals surface area contributed by atoms with Gasteiger partial charge in [0.05, 0.1) is 29.8 Å². The lowest BCUT2D eigenvalue weighted by atomic mass is 9.89. The van der Waals surface area contributed by atoms with Crippen molar-refractivity contribution in [2.75, 3.05) is 19.6 Å². The number of aromatic nitrogens is 2. The minimum absolute atomic E-state index is 0.0183. The number of nitrogens with one attached hydrogen (secondary N) is 2. The SMILES string of the molecule is CC(=O)OC(C)C(=O)NCc1cccc(-c2ccc(C3OC(CN4CCC(n5c(=O)[nH]c6ccccc65)CC4)C(C)C(c4ccc(CO)cc4)O3)cc2)c1. The average Bonchev–Trinajstić information content (AvgIpc) is 3.53. The first-order valence-corrected chi connectivity index (χ1v) is 18.7. The van der Waals surface area contributed by atoms with Gasteiger partial charge in [-0.1, -0.05) is 85.8 Å². The van der Waals surface area contributed by atoms with E-state index in [-0.39, 0.29) is 42.4 Å². The van der Waals surface area contributed by atoms with Gasteiger partial charge in [0.2, 0.25) is 0 Å². The van der Waals surface area contributed by atoms with Crippen LogP contribution in [0.5, 0.6) is 0 Å². The molecule has 5 aromatic rings. The summed E-state index contributed by atoms with van der Waals surface area (Å²) in [4.78, 5) is 41.9. The first kappa shape index (κ1) is 37.3. The number of hydrogen-bond acceptors (Lipinski definition) is 8. The van der Waals surface area contributed by atoms with Gasteiger partial charge in [-0.05, 0) is 65.8 Å². The van der Waals surface area contributed by atoms with Gasteiger partial charge in [-0.25, -0.2) is 4.79 Å². The van der Waals surface area contributed by atoms with Crippen molar-refractivity contribution < 1.29 is 28.9 Å². The van der Waals surface area contributed by atoms with E-state index in [1.807, 2.05) is 89.5 Å². The predicted molar refractivity (Wildman–Crippen MR) is 205 cm³/mol. The van der Waals surface area contributed by atoms with E-state index in [1.165, 1.54) is 6.92 Å². The fourth-order valence-corrected chi connectivity index (χ4v) is 7.71. The first-order chi connectivity index (χ1) is 26.2. The molecule has 2 saturated heterocycles. The van der Waals surface area contributed by atoms with Gasteiger partial charge in [-0.15, -0.1) is 0 Å². The molecule has 0 aliphatic carbocycles. The van der Waals surface area contributed by atoms with Crippen molar-refractivity contribution in [3.05, 3.63) is 130 Å². The number of esters is 1. The van der Waals surface area contributed by atoms with E-state index in [0.29, 0.717) is 6.54 Å². The lowest BCUT2D eigenvalue weighted by Gasteiger charge is -2.44. The second-order valence-corrected chi connectivity index (χ2v) is 14.5. The Balaban J connectivity index is 1.05. The molecule has 0 bridgehead atoms. The molecule has 0 radical (unpaired) electrons. The van der Waals surface area contributed by atoms with E-state index in [0.717, 1.165) is 76.9 Å². The summed E-state index contributed by atoms with van der Waals surface area (Å²) in [5.41, 5.74) is 7.50.